The average molecular weight is 283 g/mol. The summed E-state index contributed by atoms with van der Waals surface area (Å²) in [5.74, 6) is -2.28. The first kappa shape index (κ1) is 13.5. The first-order valence-electron chi connectivity index (χ1n) is 5.43. The van der Waals surface area contributed by atoms with Gasteiger partial charge in [0, 0.05) is 10.6 Å². The number of halogens is 3. The lowest BCUT2D eigenvalue weighted by Gasteiger charge is -2.07. The molecule has 2 rings (SSSR count). The Kier molecular flexibility index (Phi) is 3.81. The van der Waals surface area contributed by atoms with Crippen LogP contribution in [0.15, 0.2) is 36.4 Å². The number of carboxylic acids is 1. The Hall–Kier alpha value is -1.94. The Bertz CT molecular complexity index is 641. The summed E-state index contributed by atoms with van der Waals surface area (Å²) in [6, 6.07) is 7.84. The predicted molar refractivity (Wildman–Crippen MR) is 68.1 cm³/mol. The molecule has 5 heteroatoms. The molecule has 2 aromatic carbocycles. The van der Waals surface area contributed by atoms with Gasteiger partial charge >= 0.3 is 5.97 Å². The van der Waals surface area contributed by atoms with E-state index in [1.165, 1.54) is 30.3 Å². The third-order valence-electron chi connectivity index (χ3n) is 2.63. The van der Waals surface area contributed by atoms with Crippen LogP contribution in [0.1, 0.15) is 5.56 Å². The summed E-state index contributed by atoms with van der Waals surface area (Å²) in [6.45, 7) is 0. The molecule has 0 saturated carbocycles. The van der Waals surface area contributed by atoms with Gasteiger partial charge in [0.2, 0.25) is 0 Å². The van der Waals surface area contributed by atoms with Crippen LogP contribution < -0.4 is 0 Å². The zero-order valence-corrected chi connectivity index (χ0v) is 10.4. The summed E-state index contributed by atoms with van der Waals surface area (Å²) in [4.78, 5) is 10.6. The topological polar surface area (TPSA) is 37.3 Å². The van der Waals surface area contributed by atoms with Gasteiger partial charge in [0.15, 0.2) is 0 Å². The van der Waals surface area contributed by atoms with E-state index in [1.807, 2.05) is 0 Å². The molecule has 0 aliphatic heterocycles. The van der Waals surface area contributed by atoms with Gasteiger partial charge < -0.3 is 5.11 Å². The van der Waals surface area contributed by atoms with Gasteiger partial charge in [-0.05, 0) is 41.5 Å². The molecule has 1 N–H and O–H groups in total. The van der Waals surface area contributed by atoms with Crippen molar-refractivity contribution in [2.45, 2.75) is 6.42 Å². The van der Waals surface area contributed by atoms with Gasteiger partial charge in [-0.3, -0.25) is 4.79 Å². The average Bonchev–Trinajstić information content (AvgIpc) is 2.34. The highest BCUT2D eigenvalue weighted by Crippen LogP contribution is 2.27. The molecule has 19 heavy (non-hydrogen) atoms. The molecule has 0 heterocycles. The lowest BCUT2D eigenvalue weighted by atomic mass is 10.0. The standard InChI is InChI=1S/C14H9ClF2O2/c15-10-2-4-13(17)11(7-10)8-1-3-12(16)9(5-8)6-14(18)19/h1-5,7H,6H2,(H,18,19). The molecule has 0 fully saturated rings. The highest BCUT2D eigenvalue weighted by Gasteiger charge is 2.11. The van der Waals surface area contributed by atoms with E-state index in [4.69, 9.17) is 16.7 Å². The highest BCUT2D eigenvalue weighted by atomic mass is 35.5. The first-order chi connectivity index (χ1) is 8.97. The lowest BCUT2D eigenvalue weighted by Crippen LogP contribution is -2.02. The fourth-order valence-electron chi connectivity index (χ4n) is 1.76. The molecule has 0 radical (unpaired) electrons. The lowest BCUT2D eigenvalue weighted by molar-refractivity contribution is -0.136. The van der Waals surface area contributed by atoms with E-state index >= 15 is 0 Å². The number of hydrogen-bond donors (Lipinski definition) is 1. The maximum Gasteiger partial charge on any atom is 0.307 e. The van der Waals surface area contributed by atoms with E-state index in [0.717, 1.165) is 6.07 Å². The smallest absolute Gasteiger partial charge is 0.307 e. The molecular formula is C14H9ClF2O2. The second-order valence-corrected chi connectivity index (χ2v) is 4.44. The van der Waals surface area contributed by atoms with Crippen molar-refractivity contribution < 1.29 is 18.7 Å². The summed E-state index contributed by atoms with van der Waals surface area (Å²) in [5.41, 5.74) is 0.598. The van der Waals surface area contributed by atoms with Gasteiger partial charge in [-0.2, -0.15) is 0 Å². The third-order valence-corrected chi connectivity index (χ3v) is 2.86. The molecule has 0 atom stereocenters. The van der Waals surface area contributed by atoms with Crippen molar-refractivity contribution in [3.05, 3.63) is 58.6 Å². The number of hydrogen-bond acceptors (Lipinski definition) is 1. The van der Waals surface area contributed by atoms with E-state index in [0.29, 0.717) is 10.6 Å². The summed E-state index contributed by atoms with van der Waals surface area (Å²) in [7, 11) is 0. The van der Waals surface area contributed by atoms with Crippen molar-refractivity contribution in [2.75, 3.05) is 0 Å². The minimum absolute atomic E-state index is 0.00405. The second kappa shape index (κ2) is 5.36. The van der Waals surface area contributed by atoms with Crippen molar-refractivity contribution in [3.8, 4) is 11.1 Å². The van der Waals surface area contributed by atoms with E-state index in [9.17, 15) is 13.6 Å². The van der Waals surface area contributed by atoms with Gasteiger partial charge in [0.25, 0.3) is 0 Å². The summed E-state index contributed by atoms with van der Waals surface area (Å²) in [6.07, 6.45) is -0.456. The molecule has 0 saturated heterocycles. The Morgan fingerprint density at radius 1 is 1.11 bits per heavy atom. The quantitative estimate of drug-likeness (QED) is 0.926. The number of carboxylic acid groups (broad SMARTS) is 1. The first-order valence-corrected chi connectivity index (χ1v) is 5.81. The minimum atomic E-state index is -1.15. The number of rotatable bonds is 3. The molecule has 2 nitrogen and oxygen atoms in total. The van der Waals surface area contributed by atoms with Gasteiger partial charge in [0.05, 0.1) is 6.42 Å². The zero-order chi connectivity index (χ0) is 14.0. The highest BCUT2D eigenvalue weighted by molar-refractivity contribution is 6.30. The van der Waals surface area contributed by atoms with Crippen LogP contribution >= 0.6 is 11.6 Å². The number of carbonyl (C=O) groups is 1. The maximum atomic E-state index is 13.7. The SMILES string of the molecule is O=C(O)Cc1cc(-c2cc(Cl)ccc2F)ccc1F. The monoisotopic (exact) mass is 282 g/mol. The van der Waals surface area contributed by atoms with Crippen molar-refractivity contribution in [1.82, 2.24) is 0 Å². The molecule has 0 aliphatic rings. The Morgan fingerprint density at radius 3 is 2.47 bits per heavy atom. The fraction of sp³-hybridized carbons (Fsp3) is 0.0714. The Labute approximate surface area is 113 Å². The van der Waals surface area contributed by atoms with Crippen molar-refractivity contribution in [3.63, 3.8) is 0 Å². The minimum Gasteiger partial charge on any atom is -0.481 e. The van der Waals surface area contributed by atoms with Crippen molar-refractivity contribution in [1.29, 1.82) is 0 Å². The fourth-order valence-corrected chi connectivity index (χ4v) is 1.93. The van der Waals surface area contributed by atoms with Gasteiger partial charge in [-0.1, -0.05) is 17.7 Å². The largest absolute Gasteiger partial charge is 0.481 e. The van der Waals surface area contributed by atoms with Gasteiger partial charge in [0.1, 0.15) is 11.6 Å². The Morgan fingerprint density at radius 2 is 1.79 bits per heavy atom. The molecule has 0 bridgehead atoms. The van der Waals surface area contributed by atoms with E-state index < -0.39 is 24.0 Å². The molecule has 0 spiro atoms. The molecule has 98 valence electrons. The van der Waals surface area contributed by atoms with Crippen molar-refractivity contribution in [2.24, 2.45) is 0 Å². The van der Waals surface area contributed by atoms with Crippen LogP contribution in [0.2, 0.25) is 5.02 Å². The van der Waals surface area contributed by atoms with Crippen LogP contribution in [0.5, 0.6) is 0 Å². The summed E-state index contributed by atoms with van der Waals surface area (Å²) >= 11 is 5.79. The normalized spacial score (nSPS) is 10.5. The van der Waals surface area contributed by atoms with E-state index in [2.05, 4.69) is 0 Å². The van der Waals surface area contributed by atoms with Crippen LogP contribution in [0.4, 0.5) is 8.78 Å². The van der Waals surface area contributed by atoms with Gasteiger partial charge in [-0.25, -0.2) is 8.78 Å². The molecular weight excluding hydrogens is 274 g/mol. The Balaban J connectivity index is 2.51. The van der Waals surface area contributed by atoms with Crippen LogP contribution in [-0.4, -0.2) is 11.1 Å². The summed E-state index contributed by atoms with van der Waals surface area (Å²) < 4.78 is 27.1. The maximum absolute atomic E-state index is 13.7. The third kappa shape index (κ3) is 3.09. The summed E-state index contributed by atoms with van der Waals surface area (Å²) in [5, 5.41) is 9.04. The zero-order valence-electron chi connectivity index (χ0n) is 9.66. The van der Waals surface area contributed by atoms with Crippen LogP contribution in [0.3, 0.4) is 0 Å². The molecule has 0 aliphatic carbocycles. The molecule has 0 unspecified atom stereocenters. The van der Waals surface area contributed by atoms with Crippen LogP contribution in [-0.2, 0) is 11.2 Å². The van der Waals surface area contributed by atoms with Gasteiger partial charge in [-0.15, -0.1) is 0 Å². The number of aliphatic carboxylic acids is 1. The van der Waals surface area contributed by atoms with Crippen molar-refractivity contribution >= 4 is 17.6 Å². The van der Waals surface area contributed by atoms with E-state index in [1.54, 1.807) is 0 Å². The van der Waals surface area contributed by atoms with Crippen LogP contribution in [0.25, 0.3) is 11.1 Å². The molecule has 0 amide bonds. The van der Waals surface area contributed by atoms with E-state index in [-0.39, 0.29) is 11.1 Å². The van der Waals surface area contributed by atoms with Crippen LogP contribution in [0, 0.1) is 11.6 Å². The molecule has 2 aromatic rings. The number of benzene rings is 2. The molecule has 0 aromatic heterocycles. The predicted octanol–water partition coefficient (Wildman–Crippen LogP) is 3.91. The second-order valence-electron chi connectivity index (χ2n) is 4.00.